The van der Waals surface area contributed by atoms with E-state index < -0.39 is 0 Å². The molecule has 86 valence electrons. The molecule has 16 heavy (non-hydrogen) atoms. The van der Waals surface area contributed by atoms with E-state index in [-0.39, 0.29) is 11.5 Å². The maximum atomic E-state index is 6.21. The minimum atomic E-state index is -0.255. The quantitative estimate of drug-likeness (QED) is 0.487. The Balaban J connectivity index is 2.42. The van der Waals surface area contributed by atoms with Gasteiger partial charge in [-0.15, -0.1) is 0 Å². The topological polar surface area (TPSA) is 24.1 Å². The fourth-order valence-corrected chi connectivity index (χ4v) is 2.34. The summed E-state index contributed by atoms with van der Waals surface area (Å²) in [4.78, 5) is 2.66. The Hall–Kier alpha value is -0.410. The molecule has 2 rings (SSSR count). The first kappa shape index (κ1) is 12.1. The van der Waals surface area contributed by atoms with Crippen molar-refractivity contribution in [1.82, 2.24) is 4.84 Å². The van der Waals surface area contributed by atoms with Crippen molar-refractivity contribution in [3.63, 3.8) is 0 Å². The maximum Gasteiger partial charge on any atom is 0.125 e. The van der Waals surface area contributed by atoms with Crippen LogP contribution in [0.3, 0.4) is 0 Å². The number of benzene rings is 1. The number of alkyl halides is 1. The van der Waals surface area contributed by atoms with E-state index >= 15 is 0 Å². The first-order valence-electron chi connectivity index (χ1n) is 4.89. The molecule has 0 bridgehead atoms. The van der Waals surface area contributed by atoms with E-state index in [0.29, 0.717) is 5.02 Å². The summed E-state index contributed by atoms with van der Waals surface area (Å²) in [5.41, 5.74) is 2.74. The largest absolute Gasteiger partial charge is 0.365 e. The molecule has 0 saturated heterocycles. The van der Waals surface area contributed by atoms with Gasteiger partial charge in [-0.25, -0.2) is 4.84 Å². The molecule has 0 saturated carbocycles. The van der Waals surface area contributed by atoms with Crippen LogP contribution in [0.2, 0.25) is 5.02 Å². The Kier molecular flexibility index (Phi) is 3.65. The number of anilines is 1. The predicted octanol–water partition coefficient (Wildman–Crippen LogP) is 3.85. The van der Waals surface area contributed by atoms with Crippen molar-refractivity contribution < 1.29 is 0 Å². The molecule has 2 atom stereocenters. The molecule has 0 aromatic heterocycles. The van der Waals surface area contributed by atoms with E-state index in [2.05, 4.69) is 10.2 Å². The monoisotopic (exact) mass is 276 g/mol. The van der Waals surface area contributed by atoms with E-state index in [0.717, 1.165) is 16.8 Å². The first-order valence-corrected chi connectivity index (χ1v) is 6.09. The van der Waals surface area contributed by atoms with Crippen LogP contribution in [0.5, 0.6) is 0 Å². The third-order valence-electron chi connectivity index (χ3n) is 2.57. The Bertz CT molecular complexity index is 431. The van der Waals surface area contributed by atoms with Crippen molar-refractivity contribution >= 4 is 46.7 Å². The number of hydrogen-bond acceptors (Lipinski definition) is 2. The van der Waals surface area contributed by atoms with Gasteiger partial charge in [-0.1, -0.05) is 23.2 Å². The van der Waals surface area contributed by atoms with Gasteiger partial charge in [-0.2, -0.15) is 0 Å². The molecule has 1 aromatic rings. The van der Waals surface area contributed by atoms with Crippen LogP contribution in [0, 0.1) is 0 Å². The lowest BCUT2D eigenvalue weighted by atomic mass is 10.0. The van der Waals surface area contributed by atoms with Crippen molar-refractivity contribution in [1.29, 1.82) is 0 Å². The lowest BCUT2D eigenvalue weighted by Gasteiger charge is -2.27. The molecule has 0 spiro atoms. The number of hydrogen-bond donors (Lipinski definition) is 2. The summed E-state index contributed by atoms with van der Waals surface area (Å²) in [5.74, 6) is 0. The molecule has 1 heterocycles. The summed E-state index contributed by atoms with van der Waals surface area (Å²) >= 11 is 17.8. The fourth-order valence-electron chi connectivity index (χ4n) is 1.66. The average molecular weight is 278 g/mol. The SMILES string of the molecule is C[C@@H](NCl)C1=Cc2cc(Cl)ccc2NC1Cl. The highest BCUT2D eigenvalue weighted by Crippen LogP contribution is 2.32. The lowest BCUT2D eigenvalue weighted by Crippen LogP contribution is -2.30. The minimum Gasteiger partial charge on any atom is -0.365 e. The summed E-state index contributed by atoms with van der Waals surface area (Å²) in [6, 6.07) is 5.65. The van der Waals surface area contributed by atoms with Gasteiger partial charge in [0.2, 0.25) is 0 Å². The van der Waals surface area contributed by atoms with Crippen molar-refractivity contribution in [2.45, 2.75) is 18.5 Å². The van der Waals surface area contributed by atoms with E-state index in [4.69, 9.17) is 35.0 Å². The van der Waals surface area contributed by atoms with Crippen LogP contribution in [0.4, 0.5) is 5.69 Å². The number of nitrogens with one attached hydrogen (secondary N) is 2. The van der Waals surface area contributed by atoms with Gasteiger partial charge in [0.25, 0.3) is 0 Å². The molecular weight excluding hydrogens is 266 g/mol. The van der Waals surface area contributed by atoms with Crippen LogP contribution >= 0.6 is 35.0 Å². The standard InChI is InChI=1S/C11H11Cl3N2/c1-6(16-14)9-5-7-4-8(12)2-3-10(7)15-11(9)13/h2-6,11,15-16H,1H3/t6-,11?/m1/s1. The van der Waals surface area contributed by atoms with Crippen molar-refractivity contribution in [3.05, 3.63) is 34.4 Å². The lowest BCUT2D eigenvalue weighted by molar-refractivity contribution is 0.764. The zero-order chi connectivity index (χ0) is 11.7. The second kappa shape index (κ2) is 4.84. The number of halogens is 3. The van der Waals surface area contributed by atoms with Crippen LogP contribution in [0.15, 0.2) is 23.8 Å². The molecule has 0 aliphatic carbocycles. The van der Waals surface area contributed by atoms with Crippen LogP contribution in [0.25, 0.3) is 6.08 Å². The molecule has 0 amide bonds. The first-order chi connectivity index (χ1) is 7.61. The molecule has 1 aliphatic rings. The van der Waals surface area contributed by atoms with Crippen LogP contribution in [-0.4, -0.2) is 11.5 Å². The molecule has 0 fully saturated rings. The number of fused-ring (bicyclic) bond motifs is 1. The third-order valence-corrected chi connectivity index (χ3v) is 3.50. The van der Waals surface area contributed by atoms with Crippen molar-refractivity contribution in [2.24, 2.45) is 0 Å². The van der Waals surface area contributed by atoms with Crippen LogP contribution in [0.1, 0.15) is 12.5 Å². The summed E-state index contributed by atoms with van der Waals surface area (Å²) in [5, 5.41) is 3.90. The molecule has 2 N–H and O–H groups in total. The second-order valence-corrected chi connectivity index (χ2v) is 4.80. The Labute approximate surface area is 110 Å². The van der Waals surface area contributed by atoms with Crippen molar-refractivity contribution in [3.8, 4) is 0 Å². The molecule has 0 radical (unpaired) electrons. The van der Waals surface area contributed by atoms with Gasteiger partial charge in [0, 0.05) is 16.8 Å². The normalized spacial score (nSPS) is 20.8. The van der Waals surface area contributed by atoms with Gasteiger partial charge in [-0.3, -0.25) is 0 Å². The Morgan fingerprint density at radius 1 is 1.44 bits per heavy atom. The highest BCUT2D eigenvalue weighted by Gasteiger charge is 2.22. The van der Waals surface area contributed by atoms with Crippen LogP contribution < -0.4 is 10.2 Å². The minimum absolute atomic E-state index is 0.00352. The third kappa shape index (κ3) is 2.30. The fraction of sp³-hybridized carbons (Fsp3) is 0.273. The Morgan fingerprint density at radius 2 is 2.19 bits per heavy atom. The summed E-state index contributed by atoms with van der Waals surface area (Å²) < 4.78 is 0. The van der Waals surface area contributed by atoms with Crippen LogP contribution in [-0.2, 0) is 0 Å². The maximum absolute atomic E-state index is 6.21. The molecule has 1 aromatic carbocycles. The molecule has 2 nitrogen and oxygen atoms in total. The van der Waals surface area contributed by atoms with Gasteiger partial charge in [0.1, 0.15) is 5.50 Å². The summed E-state index contributed by atoms with van der Waals surface area (Å²) in [6.45, 7) is 1.95. The molecule has 1 aliphatic heterocycles. The predicted molar refractivity (Wildman–Crippen MR) is 71.1 cm³/mol. The van der Waals surface area contributed by atoms with E-state index in [9.17, 15) is 0 Å². The summed E-state index contributed by atoms with van der Waals surface area (Å²) in [7, 11) is 0. The van der Waals surface area contributed by atoms with Crippen molar-refractivity contribution in [2.75, 3.05) is 5.32 Å². The van der Waals surface area contributed by atoms with Gasteiger partial charge in [0.15, 0.2) is 0 Å². The van der Waals surface area contributed by atoms with Gasteiger partial charge >= 0.3 is 0 Å². The van der Waals surface area contributed by atoms with E-state index in [1.807, 2.05) is 31.2 Å². The second-order valence-electron chi connectivity index (χ2n) is 3.71. The van der Waals surface area contributed by atoms with Gasteiger partial charge < -0.3 is 5.32 Å². The summed E-state index contributed by atoms with van der Waals surface area (Å²) in [6.07, 6.45) is 2.01. The Morgan fingerprint density at radius 3 is 2.88 bits per heavy atom. The highest BCUT2D eigenvalue weighted by atomic mass is 35.5. The van der Waals surface area contributed by atoms with Gasteiger partial charge in [-0.05, 0) is 54.1 Å². The zero-order valence-corrected chi connectivity index (χ0v) is 10.9. The smallest absolute Gasteiger partial charge is 0.125 e. The molecular formula is C11H11Cl3N2. The van der Waals surface area contributed by atoms with Gasteiger partial charge in [0.05, 0.1) is 0 Å². The van der Waals surface area contributed by atoms with E-state index in [1.54, 1.807) is 0 Å². The average Bonchev–Trinajstić information content (AvgIpc) is 2.28. The molecule has 1 unspecified atom stereocenters. The highest BCUT2D eigenvalue weighted by molar-refractivity contribution is 6.31. The van der Waals surface area contributed by atoms with E-state index in [1.165, 1.54) is 0 Å². The zero-order valence-electron chi connectivity index (χ0n) is 8.60. The molecule has 5 heteroatoms. The number of rotatable bonds is 2.